The van der Waals surface area contributed by atoms with Crippen LogP contribution in [0.3, 0.4) is 0 Å². The van der Waals surface area contributed by atoms with E-state index in [9.17, 15) is 4.79 Å². The number of likely N-dealkylation sites (tertiary alicyclic amines) is 1. The lowest BCUT2D eigenvalue weighted by Crippen LogP contribution is -2.53. The Kier molecular flexibility index (Phi) is 8.66. The Labute approximate surface area is 180 Å². The van der Waals surface area contributed by atoms with Crippen LogP contribution in [0.1, 0.15) is 19.8 Å². The lowest BCUT2D eigenvalue weighted by Gasteiger charge is -2.37. The van der Waals surface area contributed by atoms with Gasteiger partial charge in [0.1, 0.15) is 0 Å². The maximum absolute atomic E-state index is 12.6. The van der Waals surface area contributed by atoms with Crippen molar-refractivity contribution in [1.29, 1.82) is 0 Å². The predicted octanol–water partition coefficient (Wildman–Crippen LogP) is 2.26. The van der Waals surface area contributed by atoms with Crippen molar-refractivity contribution in [2.75, 3.05) is 57.8 Å². The Morgan fingerprint density at radius 1 is 1.11 bits per heavy atom. The van der Waals surface area contributed by atoms with E-state index in [4.69, 9.17) is 0 Å². The molecule has 0 spiro atoms. The molecule has 0 radical (unpaired) electrons. The Morgan fingerprint density at radius 2 is 1.81 bits per heavy atom. The number of hydrogen-bond acceptors (Lipinski definition) is 3. The Bertz CT molecular complexity index is 616. The van der Waals surface area contributed by atoms with E-state index in [1.807, 2.05) is 11.0 Å². The minimum absolute atomic E-state index is 0. The van der Waals surface area contributed by atoms with Crippen LogP contribution < -0.4 is 10.2 Å². The molecule has 1 atom stereocenters. The maximum Gasteiger partial charge on any atom is 0.242 e. The number of carbonyl (C=O) groups excluding carboxylic acids is 1. The number of nitrogens with one attached hydrogen (secondary N) is 1. The molecule has 0 aliphatic carbocycles. The molecular formula is C20H32IN5O. The van der Waals surface area contributed by atoms with Gasteiger partial charge in [0.05, 0.1) is 6.54 Å². The third kappa shape index (κ3) is 5.99. The van der Waals surface area contributed by atoms with E-state index in [1.165, 1.54) is 18.5 Å². The van der Waals surface area contributed by atoms with Gasteiger partial charge in [-0.05, 0) is 30.9 Å². The van der Waals surface area contributed by atoms with Crippen LogP contribution in [0.2, 0.25) is 0 Å². The van der Waals surface area contributed by atoms with Crippen molar-refractivity contribution in [3.8, 4) is 0 Å². The molecule has 1 unspecified atom stereocenters. The Morgan fingerprint density at radius 3 is 2.44 bits per heavy atom. The lowest BCUT2D eigenvalue weighted by atomic mass is 10.0. The predicted molar refractivity (Wildman–Crippen MR) is 122 cm³/mol. The largest absolute Gasteiger partial charge is 0.368 e. The minimum atomic E-state index is 0. The molecule has 27 heavy (non-hydrogen) atoms. The second-order valence-electron chi connectivity index (χ2n) is 7.30. The molecule has 3 rings (SSSR count). The zero-order chi connectivity index (χ0) is 18.4. The highest BCUT2D eigenvalue weighted by molar-refractivity contribution is 14.0. The van der Waals surface area contributed by atoms with Gasteiger partial charge < -0.3 is 20.0 Å². The fraction of sp³-hybridized carbons (Fsp3) is 0.600. The van der Waals surface area contributed by atoms with Crippen LogP contribution in [0.15, 0.2) is 35.3 Å². The second-order valence-corrected chi connectivity index (χ2v) is 7.30. The molecule has 6 nitrogen and oxygen atoms in total. The number of amides is 1. The van der Waals surface area contributed by atoms with Crippen LogP contribution in [0, 0.1) is 5.92 Å². The normalized spacial score (nSPS) is 20.9. The van der Waals surface area contributed by atoms with Gasteiger partial charge in [-0.3, -0.25) is 9.79 Å². The van der Waals surface area contributed by atoms with Gasteiger partial charge in [-0.1, -0.05) is 25.1 Å². The summed E-state index contributed by atoms with van der Waals surface area (Å²) in [6.07, 6.45) is 2.47. The molecule has 2 aliphatic heterocycles. The topological polar surface area (TPSA) is 51.2 Å². The summed E-state index contributed by atoms with van der Waals surface area (Å²) in [5.74, 6) is 1.70. The van der Waals surface area contributed by atoms with E-state index in [2.05, 4.69) is 51.3 Å². The summed E-state index contributed by atoms with van der Waals surface area (Å²) < 4.78 is 0. The first-order valence-corrected chi connectivity index (χ1v) is 9.70. The summed E-state index contributed by atoms with van der Waals surface area (Å²) in [6.45, 7) is 7.95. The summed E-state index contributed by atoms with van der Waals surface area (Å²) >= 11 is 0. The first kappa shape index (κ1) is 21.8. The molecule has 150 valence electrons. The zero-order valence-corrected chi connectivity index (χ0v) is 18.8. The van der Waals surface area contributed by atoms with Gasteiger partial charge in [0, 0.05) is 52.0 Å². The number of rotatable bonds is 3. The molecule has 1 amide bonds. The average Bonchev–Trinajstić information content (AvgIpc) is 2.69. The zero-order valence-electron chi connectivity index (χ0n) is 16.4. The number of hydrogen-bond donors (Lipinski definition) is 1. The molecule has 1 N–H and O–H groups in total. The van der Waals surface area contributed by atoms with Crippen molar-refractivity contribution in [2.45, 2.75) is 19.8 Å². The molecule has 1 aromatic carbocycles. The van der Waals surface area contributed by atoms with Gasteiger partial charge in [0.2, 0.25) is 5.91 Å². The number of para-hydroxylation sites is 1. The standard InChI is InChI=1S/C20H31N5O.HI/c1-17-7-6-10-25(16-17)20(21-2)22-15-19(26)24-13-11-23(12-14-24)18-8-4-3-5-9-18;/h3-5,8-9,17H,6-7,10-16H2,1-2H3,(H,21,22);1H. The molecule has 1 aromatic rings. The average molecular weight is 485 g/mol. The van der Waals surface area contributed by atoms with Gasteiger partial charge in [0.15, 0.2) is 5.96 Å². The second kappa shape index (κ2) is 10.7. The highest BCUT2D eigenvalue weighted by atomic mass is 127. The number of benzene rings is 1. The molecular weight excluding hydrogens is 453 g/mol. The summed E-state index contributed by atoms with van der Waals surface area (Å²) in [4.78, 5) is 23.5. The summed E-state index contributed by atoms with van der Waals surface area (Å²) in [5.41, 5.74) is 1.23. The van der Waals surface area contributed by atoms with Gasteiger partial charge in [-0.2, -0.15) is 0 Å². The van der Waals surface area contributed by atoms with Gasteiger partial charge in [-0.15, -0.1) is 24.0 Å². The lowest BCUT2D eigenvalue weighted by molar-refractivity contribution is -0.130. The van der Waals surface area contributed by atoms with Crippen LogP contribution in [0.25, 0.3) is 0 Å². The number of anilines is 1. The third-order valence-corrected chi connectivity index (χ3v) is 5.32. The van der Waals surface area contributed by atoms with Crippen molar-refractivity contribution in [3.63, 3.8) is 0 Å². The van der Waals surface area contributed by atoms with Crippen LogP contribution in [-0.4, -0.2) is 74.5 Å². The van der Waals surface area contributed by atoms with Crippen molar-refractivity contribution in [2.24, 2.45) is 10.9 Å². The van der Waals surface area contributed by atoms with E-state index in [-0.39, 0.29) is 29.9 Å². The van der Waals surface area contributed by atoms with Crippen LogP contribution in [0.4, 0.5) is 5.69 Å². The van der Waals surface area contributed by atoms with Crippen LogP contribution in [0.5, 0.6) is 0 Å². The molecule has 2 saturated heterocycles. The number of piperazine rings is 1. The number of nitrogens with zero attached hydrogens (tertiary/aromatic N) is 4. The van der Waals surface area contributed by atoms with Crippen molar-refractivity contribution >= 4 is 41.5 Å². The fourth-order valence-electron chi connectivity index (χ4n) is 3.83. The van der Waals surface area contributed by atoms with Crippen molar-refractivity contribution in [3.05, 3.63) is 30.3 Å². The van der Waals surface area contributed by atoms with Crippen molar-refractivity contribution < 1.29 is 4.79 Å². The van der Waals surface area contributed by atoms with E-state index < -0.39 is 0 Å². The number of piperidine rings is 1. The third-order valence-electron chi connectivity index (χ3n) is 5.32. The van der Waals surface area contributed by atoms with Crippen molar-refractivity contribution in [1.82, 2.24) is 15.1 Å². The minimum Gasteiger partial charge on any atom is -0.368 e. The Balaban J connectivity index is 0.00000261. The highest BCUT2D eigenvalue weighted by Gasteiger charge is 2.23. The molecule has 7 heteroatoms. The van der Waals surface area contributed by atoms with Gasteiger partial charge in [-0.25, -0.2) is 0 Å². The highest BCUT2D eigenvalue weighted by Crippen LogP contribution is 2.16. The smallest absolute Gasteiger partial charge is 0.242 e. The summed E-state index contributed by atoms with van der Waals surface area (Å²) in [7, 11) is 1.80. The molecule has 2 heterocycles. The number of halogens is 1. The summed E-state index contributed by atoms with van der Waals surface area (Å²) in [5, 5.41) is 3.27. The SMILES string of the molecule is CN=C(NCC(=O)N1CCN(c2ccccc2)CC1)N1CCCC(C)C1.I. The van der Waals surface area contributed by atoms with Crippen LogP contribution in [-0.2, 0) is 4.79 Å². The number of carbonyl (C=O) groups is 1. The maximum atomic E-state index is 12.6. The number of aliphatic imine (C=N–C) groups is 1. The van der Waals surface area contributed by atoms with E-state index in [1.54, 1.807) is 7.05 Å². The van der Waals surface area contributed by atoms with Gasteiger partial charge >= 0.3 is 0 Å². The first-order chi connectivity index (χ1) is 12.7. The first-order valence-electron chi connectivity index (χ1n) is 9.70. The van der Waals surface area contributed by atoms with E-state index >= 15 is 0 Å². The molecule has 0 saturated carbocycles. The quantitative estimate of drug-likeness (QED) is 0.406. The molecule has 0 aromatic heterocycles. The van der Waals surface area contributed by atoms with Crippen LogP contribution >= 0.6 is 24.0 Å². The monoisotopic (exact) mass is 485 g/mol. The molecule has 2 aliphatic rings. The summed E-state index contributed by atoms with van der Waals surface area (Å²) in [6, 6.07) is 10.4. The Hall–Kier alpha value is -1.51. The molecule has 0 bridgehead atoms. The van der Waals surface area contributed by atoms with E-state index in [0.29, 0.717) is 12.5 Å². The fourth-order valence-corrected chi connectivity index (χ4v) is 3.83. The van der Waals surface area contributed by atoms with E-state index in [0.717, 1.165) is 45.2 Å². The number of guanidine groups is 1. The molecule has 2 fully saturated rings. The van der Waals surface area contributed by atoms with Gasteiger partial charge in [0.25, 0.3) is 0 Å².